The predicted molar refractivity (Wildman–Crippen MR) is 45.0 cm³/mol. The maximum Gasteiger partial charge on any atom is 0.124 e. The van der Waals surface area contributed by atoms with E-state index in [-0.39, 0.29) is 0 Å². The third-order valence-electron chi connectivity index (χ3n) is 1.34. The summed E-state index contributed by atoms with van der Waals surface area (Å²) in [7, 11) is 3.73. The van der Waals surface area contributed by atoms with Crippen molar-refractivity contribution in [1.82, 2.24) is 4.90 Å². The minimum absolute atomic E-state index is 0.907. The first-order valence-electron chi connectivity index (χ1n) is 3.32. The van der Waals surface area contributed by atoms with Crippen molar-refractivity contribution >= 4 is 5.84 Å². The monoisotopic (exact) mass is 141 g/mol. The second kappa shape index (κ2) is 4.85. The molecule has 0 spiro atoms. The largest absolute Gasteiger partial charge is 0.404 e. The van der Waals surface area contributed by atoms with Crippen LogP contribution in [0.15, 0.2) is 17.3 Å². The Hall–Kier alpha value is -0.990. The van der Waals surface area contributed by atoms with E-state index in [1.807, 2.05) is 11.9 Å². The molecule has 0 saturated heterocycles. The Labute approximate surface area is 62.2 Å². The molecule has 0 unspecified atom stereocenters. The summed E-state index contributed by atoms with van der Waals surface area (Å²) < 4.78 is 0. The molecule has 0 aliphatic heterocycles. The number of rotatable bonds is 2. The zero-order chi connectivity index (χ0) is 7.98. The van der Waals surface area contributed by atoms with Crippen molar-refractivity contribution in [3.8, 4) is 0 Å². The molecule has 3 heteroatoms. The maximum absolute atomic E-state index is 5.21. The fraction of sp³-hybridized carbons (Fsp3) is 0.571. The van der Waals surface area contributed by atoms with E-state index < -0.39 is 0 Å². The molecule has 0 aliphatic rings. The highest BCUT2D eigenvalue weighted by Gasteiger charge is 1.95. The SMILES string of the molecule is CCN(C)C(/C=C\N)=NC. The molecule has 0 bridgehead atoms. The van der Waals surface area contributed by atoms with Crippen LogP contribution in [0.25, 0.3) is 0 Å². The van der Waals surface area contributed by atoms with Gasteiger partial charge in [0.25, 0.3) is 0 Å². The predicted octanol–water partition coefficient (Wildman–Crippen LogP) is 0.439. The standard InChI is InChI=1S/C7H15N3/c1-4-10(3)7(9-2)5-6-8/h5-6H,4,8H2,1-3H3/b6-5-,9-7?. The molecule has 0 radical (unpaired) electrons. The number of hydrogen-bond acceptors (Lipinski definition) is 2. The number of nitrogens with zero attached hydrogens (tertiary/aromatic N) is 2. The summed E-state index contributed by atoms with van der Waals surface area (Å²) in [5.41, 5.74) is 5.21. The van der Waals surface area contributed by atoms with Gasteiger partial charge in [0.2, 0.25) is 0 Å². The Morgan fingerprint density at radius 2 is 2.30 bits per heavy atom. The van der Waals surface area contributed by atoms with Gasteiger partial charge in [0.1, 0.15) is 5.84 Å². The highest BCUT2D eigenvalue weighted by Crippen LogP contribution is 1.87. The van der Waals surface area contributed by atoms with Crippen LogP contribution >= 0.6 is 0 Å². The van der Waals surface area contributed by atoms with Gasteiger partial charge in [0.05, 0.1) is 0 Å². The molecule has 0 atom stereocenters. The number of hydrogen-bond donors (Lipinski definition) is 1. The van der Waals surface area contributed by atoms with Crippen molar-refractivity contribution in [2.45, 2.75) is 6.92 Å². The molecule has 0 amide bonds. The Kier molecular flexibility index (Phi) is 4.37. The number of likely N-dealkylation sites (N-methyl/N-ethyl adjacent to an activating group) is 1. The van der Waals surface area contributed by atoms with E-state index in [2.05, 4.69) is 11.9 Å². The van der Waals surface area contributed by atoms with Crippen LogP contribution in [0, 0.1) is 0 Å². The van der Waals surface area contributed by atoms with Crippen molar-refractivity contribution in [1.29, 1.82) is 0 Å². The lowest BCUT2D eigenvalue weighted by atomic mass is 10.4. The second-order valence-electron chi connectivity index (χ2n) is 1.96. The minimum Gasteiger partial charge on any atom is -0.404 e. The van der Waals surface area contributed by atoms with Gasteiger partial charge in [0, 0.05) is 20.6 Å². The first-order valence-corrected chi connectivity index (χ1v) is 3.32. The average Bonchev–Trinajstić information content (AvgIpc) is 1.99. The summed E-state index contributed by atoms with van der Waals surface area (Å²) in [4.78, 5) is 6.04. The summed E-state index contributed by atoms with van der Waals surface area (Å²) in [6.07, 6.45) is 3.28. The molecule has 0 aliphatic carbocycles. The molecule has 0 heterocycles. The molecule has 10 heavy (non-hydrogen) atoms. The molecule has 0 saturated carbocycles. The van der Waals surface area contributed by atoms with Crippen molar-refractivity contribution in [2.75, 3.05) is 20.6 Å². The van der Waals surface area contributed by atoms with Gasteiger partial charge in [-0.25, -0.2) is 0 Å². The van der Waals surface area contributed by atoms with Crippen LogP contribution in [-0.4, -0.2) is 31.4 Å². The molecular formula is C7H15N3. The molecule has 0 aromatic heterocycles. The fourth-order valence-corrected chi connectivity index (χ4v) is 0.621. The van der Waals surface area contributed by atoms with Gasteiger partial charge in [-0.15, -0.1) is 0 Å². The third-order valence-corrected chi connectivity index (χ3v) is 1.34. The van der Waals surface area contributed by atoms with E-state index >= 15 is 0 Å². The first kappa shape index (κ1) is 9.01. The molecule has 0 aromatic rings. The van der Waals surface area contributed by atoms with E-state index in [0.717, 1.165) is 12.4 Å². The van der Waals surface area contributed by atoms with Gasteiger partial charge in [0.15, 0.2) is 0 Å². The maximum atomic E-state index is 5.21. The topological polar surface area (TPSA) is 41.6 Å². The van der Waals surface area contributed by atoms with Crippen LogP contribution in [0.2, 0.25) is 0 Å². The Bertz CT molecular complexity index is 138. The van der Waals surface area contributed by atoms with Crippen LogP contribution in [0.5, 0.6) is 0 Å². The van der Waals surface area contributed by atoms with E-state index in [4.69, 9.17) is 5.73 Å². The molecule has 3 nitrogen and oxygen atoms in total. The van der Waals surface area contributed by atoms with E-state index in [1.165, 1.54) is 6.20 Å². The van der Waals surface area contributed by atoms with Crippen LogP contribution in [0.4, 0.5) is 0 Å². The summed E-state index contributed by atoms with van der Waals surface area (Å²) in [6, 6.07) is 0. The quantitative estimate of drug-likeness (QED) is 0.448. The molecular weight excluding hydrogens is 126 g/mol. The Morgan fingerprint density at radius 3 is 2.60 bits per heavy atom. The normalized spacial score (nSPS) is 12.5. The second-order valence-corrected chi connectivity index (χ2v) is 1.96. The van der Waals surface area contributed by atoms with E-state index in [1.54, 1.807) is 13.1 Å². The van der Waals surface area contributed by atoms with Crippen LogP contribution in [0.3, 0.4) is 0 Å². The van der Waals surface area contributed by atoms with Gasteiger partial charge in [-0.2, -0.15) is 0 Å². The van der Waals surface area contributed by atoms with Gasteiger partial charge in [-0.05, 0) is 19.2 Å². The average molecular weight is 141 g/mol. The number of amidine groups is 1. The minimum atomic E-state index is 0.907. The fourth-order valence-electron chi connectivity index (χ4n) is 0.621. The van der Waals surface area contributed by atoms with Gasteiger partial charge >= 0.3 is 0 Å². The van der Waals surface area contributed by atoms with Crippen molar-refractivity contribution in [2.24, 2.45) is 10.7 Å². The summed E-state index contributed by atoms with van der Waals surface area (Å²) >= 11 is 0. The van der Waals surface area contributed by atoms with Crippen molar-refractivity contribution in [3.05, 3.63) is 12.3 Å². The zero-order valence-electron chi connectivity index (χ0n) is 6.83. The molecule has 0 aromatic carbocycles. The van der Waals surface area contributed by atoms with Crippen molar-refractivity contribution < 1.29 is 0 Å². The van der Waals surface area contributed by atoms with E-state index in [9.17, 15) is 0 Å². The van der Waals surface area contributed by atoms with Crippen LogP contribution in [0.1, 0.15) is 6.92 Å². The summed E-state index contributed by atoms with van der Waals surface area (Å²) in [5.74, 6) is 0.907. The highest BCUT2D eigenvalue weighted by atomic mass is 15.1. The highest BCUT2D eigenvalue weighted by molar-refractivity contribution is 5.92. The number of nitrogens with two attached hydrogens (primary N) is 1. The Morgan fingerprint density at radius 1 is 1.70 bits per heavy atom. The summed E-state index contributed by atoms with van der Waals surface area (Å²) in [6.45, 7) is 3.01. The van der Waals surface area contributed by atoms with Gasteiger partial charge < -0.3 is 10.6 Å². The smallest absolute Gasteiger partial charge is 0.124 e. The summed E-state index contributed by atoms with van der Waals surface area (Å²) in [5, 5.41) is 0. The van der Waals surface area contributed by atoms with Gasteiger partial charge in [-0.1, -0.05) is 0 Å². The number of aliphatic imine (C=N–C) groups is 1. The lowest BCUT2D eigenvalue weighted by Gasteiger charge is -2.15. The first-order chi connectivity index (χ1) is 4.76. The molecule has 0 rings (SSSR count). The lowest BCUT2D eigenvalue weighted by Crippen LogP contribution is -2.24. The lowest BCUT2D eigenvalue weighted by molar-refractivity contribution is 0.537. The molecule has 0 fully saturated rings. The zero-order valence-corrected chi connectivity index (χ0v) is 6.83. The van der Waals surface area contributed by atoms with Crippen LogP contribution in [-0.2, 0) is 0 Å². The van der Waals surface area contributed by atoms with Crippen molar-refractivity contribution in [3.63, 3.8) is 0 Å². The van der Waals surface area contributed by atoms with E-state index in [0.29, 0.717) is 0 Å². The molecule has 2 N–H and O–H groups in total. The Balaban J connectivity index is 4.08. The third kappa shape index (κ3) is 2.53. The molecule has 58 valence electrons. The van der Waals surface area contributed by atoms with Gasteiger partial charge in [-0.3, -0.25) is 4.99 Å². The van der Waals surface area contributed by atoms with Crippen LogP contribution < -0.4 is 5.73 Å².